The molecule has 11 heteroatoms. The lowest BCUT2D eigenvalue weighted by Gasteiger charge is -2.05. The molecule has 0 amide bonds. The van der Waals surface area contributed by atoms with Crippen molar-refractivity contribution in [3.63, 3.8) is 0 Å². The second kappa shape index (κ2) is 7.00. The summed E-state index contributed by atoms with van der Waals surface area (Å²) < 4.78 is 42.9. The third-order valence-corrected chi connectivity index (χ3v) is 3.90. The number of nitrogens with zero attached hydrogens (tertiary/aromatic N) is 4. The first-order valence-corrected chi connectivity index (χ1v) is 7.27. The predicted octanol–water partition coefficient (Wildman–Crippen LogP) is 2.56. The van der Waals surface area contributed by atoms with Gasteiger partial charge in [-0.25, -0.2) is 9.97 Å². The standard InChI is InChI=1S/C10H10F3N5OS2/c1-19-5-4-15-8-17-18-9(21-8)20-7-14-3-2-6(16-7)10(11,12)13/h2-3H,4-5H2,1H3,(H,15,17). The Bertz CT molecular complexity index is 592. The zero-order valence-corrected chi connectivity index (χ0v) is 12.3. The number of hydrogen-bond donors (Lipinski definition) is 1. The summed E-state index contributed by atoms with van der Waals surface area (Å²) in [5, 5.41) is 11.2. The summed E-state index contributed by atoms with van der Waals surface area (Å²) in [5.74, 6) is 0. The Morgan fingerprint density at radius 2 is 2.19 bits per heavy atom. The Morgan fingerprint density at radius 1 is 1.38 bits per heavy atom. The first-order valence-electron chi connectivity index (χ1n) is 5.63. The van der Waals surface area contributed by atoms with Crippen molar-refractivity contribution in [2.24, 2.45) is 0 Å². The van der Waals surface area contributed by atoms with Crippen LogP contribution in [-0.4, -0.2) is 40.4 Å². The van der Waals surface area contributed by atoms with Gasteiger partial charge < -0.3 is 10.1 Å². The maximum absolute atomic E-state index is 12.5. The van der Waals surface area contributed by atoms with Crippen LogP contribution in [0.25, 0.3) is 0 Å². The van der Waals surface area contributed by atoms with E-state index in [0.717, 1.165) is 24.0 Å². The van der Waals surface area contributed by atoms with E-state index in [2.05, 4.69) is 25.5 Å². The highest BCUT2D eigenvalue weighted by Crippen LogP contribution is 2.32. The molecule has 2 heterocycles. The summed E-state index contributed by atoms with van der Waals surface area (Å²) in [6, 6.07) is 0.821. The molecule has 1 N–H and O–H groups in total. The summed E-state index contributed by atoms with van der Waals surface area (Å²) in [6.07, 6.45) is -3.43. The van der Waals surface area contributed by atoms with E-state index in [1.165, 1.54) is 11.3 Å². The molecule has 0 saturated heterocycles. The minimum absolute atomic E-state index is 0.0237. The quantitative estimate of drug-likeness (QED) is 0.641. The molecular formula is C10H10F3N5OS2. The van der Waals surface area contributed by atoms with Crippen LogP contribution in [0.3, 0.4) is 0 Å². The van der Waals surface area contributed by atoms with E-state index in [9.17, 15) is 13.2 Å². The average Bonchev–Trinajstić information content (AvgIpc) is 2.86. The molecule has 0 radical (unpaired) electrons. The van der Waals surface area contributed by atoms with E-state index in [4.69, 9.17) is 4.74 Å². The summed E-state index contributed by atoms with van der Waals surface area (Å²) in [6.45, 7) is 1.08. The normalized spacial score (nSPS) is 11.6. The van der Waals surface area contributed by atoms with Crippen LogP contribution in [0.5, 0.6) is 0 Å². The molecule has 6 nitrogen and oxygen atoms in total. The maximum Gasteiger partial charge on any atom is 0.433 e. The number of methoxy groups -OCH3 is 1. The summed E-state index contributed by atoms with van der Waals surface area (Å²) >= 11 is 2.13. The van der Waals surface area contributed by atoms with Crippen molar-refractivity contribution < 1.29 is 17.9 Å². The van der Waals surface area contributed by atoms with E-state index >= 15 is 0 Å². The lowest BCUT2D eigenvalue weighted by Crippen LogP contribution is -2.08. The van der Waals surface area contributed by atoms with Crippen LogP contribution < -0.4 is 5.32 Å². The zero-order chi connectivity index (χ0) is 15.3. The predicted molar refractivity (Wildman–Crippen MR) is 71.4 cm³/mol. The van der Waals surface area contributed by atoms with Crippen molar-refractivity contribution >= 4 is 28.2 Å². The fourth-order valence-corrected chi connectivity index (χ4v) is 2.83. The highest BCUT2D eigenvalue weighted by atomic mass is 32.2. The number of halogens is 3. The monoisotopic (exact) mass is 337 g/mol. The minimum atomic E-state index is -4.49. The minimum Gasteiger partial charge on any atom is -0.383 e. The van der Waals surface area contributed by atoms with Crippen LogP contribution in [0.15, 0.2) is 21.8 Å². The van der Waals surface area contributed by atoms with Gasteiger partial charge in [-0.3, -0.25) is 0 Å². The van der Waals surface area contributed by atoms with Gasteiger partial charge in [-0.15, -0.1) is 10.2 Å². The van der Waals surface area contributed by atoms with Gasteiger partial charge in [0.05, 0.1) is 6.61 Å². The van der Waals surface area contributed by atoms with E-state index in [0.29, 0.717) is 22.6 Å². The van der Waals surface area contributed by atoms with E-state index in [-0.39, 0.29) is 5.16 Å². The van der Waals surface area contributed by atoms with Gasteiger partial charge in [0.1, 0.15) is 5.69 Å². The highest BCUT2D eigenvalue weighted by molar-refractivity contribution is 8.00. The Labute approximate surface area is 126 Å². The van der Waals surface area contributed by atoms with Crippen LogP contribution in [0.4, 0.5) is 18.3 Å². The van der Waals surface area contributed by atoms with Crippen LogP contribution in [-0.2, 0) is 10.9 Å². The van der Waals surface area contributed by atoms with Crippen LogP contribution in [0.1, 0.15) is 5.69 Å². The van der Waals surface area contributed by atoms with Crippen molar-refractivity contribution in [1.29, 1.82) is 0 Å². The molecule has 0 unspecified atom stereocenters. The molecule has 2 aromatic heterocycles. The summed E-state index contributed by atoms with van der Waals surface area (Å²) in [5.41, 5.74) is -0.983. The van der Waals surface area contributed by atoms with Crippen LogP contribution in [0.2, 0.25) is 0 Å². The lowest BCUT2D eigenvalue weighted by atomic mass is 10.4. The molecular weight excluding hydrogens is 327 g/mol. The van der Waals surface area contributed by atoms with Gasteiger partial charge in [0.15, 0.2) is 9.50 Å². The number of hydrogen-bond acceptors (Lipinski definition) is 8. The summed E-state index contributed by atoms with van der Waals surface area (Å²) in [7, 11) is 1.58. The lowest BCUT2D eigenvalue weighted by molar-refractivity contribution is -0.141. The number of aromatic nitrogens is 4. The Balaban J connectivity index is 2.02. The van der Waals surface area contributed by atoms with E-state index in [1.807, 2.05) is 0 Å². The third-order valence-electron chi connectivity index (χ3n) is 2.09. The van der Waals surface area contributed by atoms with Gasteiger partial charge in [-0.05, 0) is 17.8 Å². The van der Waals surface area contributed by atoms with Gasteiger partial charge in [-0.1, -0.05) is 11.3 Å². The molecule has 0 spiro atoms. The maximum atomic E-state index is 12.5. The fraction of sp³-hybridized carbons (Fsp3) is 0.400. The van der Waals surface area contributed by atoms with Crippen LogP contribution in [0, 0.1) is 0 Å². The molecule has 0 atom stereocenters. The molecule has 21 heavy (non-hydrogen) atoms. The molecule has 0 fully saturated rings. The SMILES string of the molecule is COCCNc1nnc(Sc2nccc(C(F)(F)F)n2)s1. The van der Waals surface area contributed by atoms with Crippen molar-refractivity contribution in [1.82, 2.24) is 20.2 Å². The molecule has 0 aromatic carbocycles. The van der Waals surface area contributed by atoms with Gasteiger partial charge in [-0.2, -0.15) is 13.2 Å². The number of anilines is 1. The molecule has 114 valence electrons. The number of rotatable bonds is 6. The molecule has 0 saturated carbocycles. The number of nitrogens with one attached hydrogen (secondary N) is 1. The van der Waals surface area contributed by atoms with E-state index in [1.54, 1.807) is 7.11 Å². The first-order chi connectivity index (χ1) is 9.99. The fourth-order valence-electron chi connectivity index (χ4n) is 1.21. The van der Waals surface area contributed by atoms with Gasteiger partial charge >= 0.3 is 6.18 Å². The van der Waals surface area contributed by atoms with Crippen molar-refractivity contribution in [3.05, 3.63) is 18.0 Å². The van der Waals surface area contributed by atoms with Crippen molar-refractivity contribution in [3.8, 4) is 0 Å². The highest BCUT2D eigenvalue weighted by Gasteiger charge is 2.32. The van der Waals surface area contributed by atoms with Crippen molar-refractivity contribution in [2.45, 2.75) is 15.7 Å². The molecule has 2 aromatic rings. The molecule has 0 aliphatic rings. The van der Waals surface area contributed by atoms with Gasteiger partial charge in [0.2, 0.25) is 5.13 Å². The van der Waals surface area contributed by atoms with E-state index < -0.39 is 11.9 Å². The number of alkyl halides is 3. The topological polar surface area (TPSA) is 72.8 Å². The van der Waals surface area contributed by atoms with Crippen LogP contribution >= 0.6 is 23.1 Å². The molecule has 2 rings (SSSR count). The molecule has 0 aliphatic carbocycles. The Hall–Kier alpha value is -1.46. The summed E-state index contributed by atoms with van der Waals surface area (Å²) in [4.78, 5) is 7.23. The third kappa shape index (κ3) is 4.79. The van der Waals surface area contributed by atoms with Crippen molar-refractivity contribution in [2.75, 3.05) is 25.6 Å². The average molecular weight is 337 g/mol. The Kier molecular flexibility index (Phi) is 5.31. The Morgan fingerprint density at radius 3 is 2.90 bits per heavy atom. The number of ether oxygens (including phenoxy) is 1. The largest absolute Gasteiger partial charge is 0.433 e. The second-order valence-corrected chi connectivity index (χ2v) is 5.81. The zero-order valence-electron chi connectivity index (χ0n) is 10.7. The van der Waals surface area contributed by atoms with Gasteiger partial charge in [0.25, 0.3) is 0 Å². The molecule has 0 bridgehead atoms. The first kappa shape index (κ1) is 15.9. The smallest absolute Gasteiger partial charge is 0.383 e. The van der Waals surface area contributed by atoms with Gasteiger partial charge in [0, 0.05) is 19.9 Å². The molecule has 0 aliphatic heterocycles. The second-order valence-electron chi connectivity index (χ2n) is 3.62.